The van der Waals surface area contributed by atoms with Gasteiger partial charge in [0.1, 0.15) is 18.1 Å². The molecule has 0 saturated heterocycles. The molecule has 0 aliphatic rings. The van der Waals surface area contributed by atoms with E-state index in [-0.39, 0.29) is 0 Å². The molecule has 0 bridgehead atoms. The van der Waals surface area contributed by atoms with E-state index in [1.165, 1.54) is 0 Å². The predicted octanol–water partition coefficient (Wildman–Crippen LogP) is 2.77. The Hall–Kier alpha value is -0.780. The molecule has 0 aromatic heterocycles. The van der Waals surface area contributed by atoms with E-state index in [0.717, 1.165) is 48.7 Å². The number of likely N-dealkylation sites (N-methyl/N-ethyl adjacent to an activating group) is 1. The summed E-state index contributed by atoms with van der Waals surface area (Å²) in [6.07, 6.45) is 0. The molecule has 1 aromatic carbocycles. The van der Waals surface area contributed by atoms with Gasteiger partial charge in [0.05, 0.1) is 11.6 Å². The minimum atomic E-state index is 0.656. The maximum atomic E-state index is 5.72. The molecule has 1 N–H and O–H groups in total. The fourth-order valence-electron chi connectivity index (χ4n) is 1.86. The number of nitrogens with zero attached hydrogens (tertiary/aromatic N) is 1. The highest BCUT2D eigenvalue weighted by Gasteiger charge is 2.03. The Labute approximate surface area is 130 Å². The van der Waals surface area contributed by atoms with E-state index >= 15 is 0 Å². The van der Waals surface area contributed by atoms with Gasteiger partial charge in [-0.15, -0.1) is 0 Å². The van der Waals surface area contributed by atoms with E-state index in [4.69, 9.17) is 9.47 Å². The monoisotopic (exact) mass is 344 g/mol. The SMILES string of the molecule is CCN(CC)CCNCCOc1ccc(OC)cc1Br. The Morgan fingerprint density at radius 1 is 1.20 bits per heavy atom. The summed E-state index contributed by atoms with van der Waals surface area (Å²) in [4.78, 5) is 2.40. The van der Waals surface area contributed by atoms with Gasteiger partial charge in [0.15, 0.2) is 0 Å². The first-order valence-electron chi connectivity index (χ1n) is 7.10. The topological polar surface area (TPSA) is 33.7 Å². The maximum absolute atomic E-state index is 5.72. The van der Waals surface area contributed by atoms with Crippen molar-refractivity contribution in [2.75, 3.05) is 46.4 Å². The zero-order chi connectivity index (χ0) is 14.8. The fourth-order valence-corrected chi connectivity index (χ4v) is 2.33. The molecular formula is C15H25BrN2O2. The Balaban J connectivity index is 2.18. The molecule has 0 radical (unpaired) electrons. The summed E-state index contributed by atoms with van der Waals surface area (Å²) in [6, 6.07) is 5.72. The number of benzene rings is 1. The molecule has 1 aromatic rings. The normalized spacial score (nSPS) is 10.8. The van der Waals surface area contributed by atoms with Gasteiger partial charge in [0, 0.05) is 19.6 Å². The Morgan fingerprint density at radius 3 is 2.55 bits per heavy atom. The van der Waals surface area contributed by atoms with Crippen LogP contribution in [0.15, 0.2) is 22.7 Å². The molecule has 4 nitrogen and oxygen atoms in total. The van der Waals surface area contributed by atoms with Crippen LogP contribution in [0.1, 0.15) is 13.8 Å². The molecule has 0 saturated carbocycles. The molecule has 5 heteroatoms. The van der Waals surface area contributed by atoms with E-state index < -0.39 is 0 Å². The third kappa shape index (κ3) is 6.11. The number of ether oxygens (including phenoxy) is 2. The van der Waals surface area contributed by atoms with Gasteiger partial charge in [-0.2, -0.15) is 0 Å². The van der Waals surface area contributed by atoms with Gasteiger partial charge < -0.3 is 19.7 Å². The summed E-state index contributed by atoms with van der Waals surface area (Å²) >= 11 is 3.48. The molecule has 0 unspecified atom stereocenters. The molecule has 0 atom stereocenters. The van der Waals surface area contributed by atoms with Crippen LogP contribution in [0.25, 0.3) is 0 Å². The fraction of sp³-hybridized carbons (Fsp3) is 0.600. The van der Waals surface area contributed by atoms with Crippen LogP contribution in [0.2, 0.25) is 0 Å². The highest BCUT2D eigenvalue weighted by Crippen LogP contribution is 2.28. The molecule has 20 heavy (non-hydrogen) atoms. The second-order valence-electron chi connectivity index (χ2n) is 4.42. The first-order chi connectivity index (χ1) is 9.71. The average Bonchev–Trinajstić information content (AvgIpc) is 2.48. The number of rotatable bonds is 10. The van der Waals surface area contributed by atoms with Crippen molar-refractivity contribution >= 4 is 15.9 Å². The first-order valence-corrected chi connectivity index (χ1v) is 7.90. The smallest absolute Gasteiger partial charge is 0.133 e. The van der Waals surface area contributed by atoms with E-state index in [1.54, 1.807) is 7.11 Å². The van der Waals surface area contributed by atoms with E-state index in [2.05, 4.69) is 40.0 Å². The van der Waals surface area contributed by atoms with Crippen molar-refractivity contribution in [2.24, 2.45) is 0 Å². The van der Waals surface area contributed by atoms with Crippen LogP contribution in [0.3, 0.4) is 0 Å². The molecule has 1 rings (SSSR count). The van der Waals surface area contributed by atoms with Gasteiger partial charge in [0.25, 0.3) is 0 Å². The predicted molar refractivity (Wildman–Crippen MR) is 86.8 cm³/mol. The molecular weight excluding hydrogens is 320 g/mol. The number of hydrogen-bond donors (Lipinski definition) is 1. The van der Waals surface area contributed by atoms with Crippen molar-refractivity contribution in [3.8, 4) is 11.5 Å². The molecule has 114 valence electrons. The van der Waals surface area contributed by atoms with Gasteiger partial charge in [-0.1, -0.05) is 13.8 Å². The van der Waals surface area contributed by atoms with Crippen molar-refractivity contribution in [3.05, 3.63) is 22.7 Å². The third-order valence-electron chi connectivity index (χ3n) is 3.17. The molecule has 0 spiro atoms. The lowest BCUT2D eigenvalue weighted by atomic mass is 10.3. The van der Waals surface area contributed by atoms with Crippen LogP contribution in [0.4, 0.5) is 0 Å². The Kier molecular flexibility index (Phi) is 8.65. The quantitative estimate of drug-likeness (QED) is 0.661. The lowest BCUT2D eigenvalue weighted by molar-refractivity contribution is 0.285. The van der Waals surface area contributed by atoms with Crippen LogP contribution >= 0.6 is 15.9 Å². The average molecular weight is 345 g/mol. The van der Waals surface area contributed by atoms with Crippen molar-refractivity contribution in [1.82, 2.24) is 10.2 Å². The van der Waals surface area contributed by atoms with Crippen molar-refractivity contribution in [3.63, 3.8) is 0 Å². The van der Waals surface area contributed by atoms with Gasteiger partial charge in [0.2, 0.25) is 0 Å². The van der Waals surface area contributed by atoms with E-state index in [0.29, 0.717) is 6.61 Å². The number of nitrogens with one attached hydrogen (secondary N) is 1. The number of methoxy groups -OCH3 is 1. The molecule has 0 aliphatic carbocycles. The molecule has 0 heterocycles. The molecule has 0 amide bonds. The van der Waals surface area contributed by atoms with Gasteiger partial charge in [-0.25, -0.2) is 0 Å². The van der Waals surface area contributed by atoms with E-state index in [1.807, 2.05) is 18.2 Å². The zero-order valence-corrected chi connectivity index (χ0v) is 14.2. The lowest BCUT2D eigenvalue weighted by Crippen LogP contribution is -2.33. The largest absolute Gasteiger partial charge is 0.497 e. The summed E-state index contributed by atoms with van der Waals surface area (Å²) in [5.74, 6) is 1.66. The number of halogens is 1. The Morgan fingerprint density at radius 2 is 1.95 bits per heavy atom. The highest BCUT2D eigenvalue weighted by atomic mass is 79.9. The summed E-state index contributed by atoms with van der Waals surface area (Å²) in [5, 5.41) is 3.39. The van der Waals surface area contributed by atoms with Gasteiger partial charge in [-0.05, 0) is 47.2 Å². The zero-order valence-electron chi connectivity index (χ0n) is 12.6. The molecule has 0 fully saturated rings. The minimum absolute atomic E-state index is 0.656. The van der Waals surface area contributed by atoms with Crippen LogP contribution in [-0.4, -0.2) is 51.3 Å². The Bertz CT molecular complexity index is 384. The summed E-state index contributed by atoms with van der Waals surface area (Å²) in [7, 11) is 1.65. The maximum Gasteiger partial charge on any atom is 0.133 e. The van der Waals surface area contributed by atoms with Crippen LogP contribution in [0, 0.1) is 0 Å². The van der Waals surface area contributed by atoms with Crippen molar-refractivity contribution in [2.45, 2.75) is 13.8 Å². The lowest BCUT2D eigenvalue weighted by Gasteiger charge is -2.18. The second-order valence-corrected chi connectivity index (χ2v) is 5.28. The minimum Gasteiger partial charge on any atom is -0.497 e. The number of hydrogen-bond acceptors (Lipinski definition) is 4. The second kappa shape index (κ2) is 10.0. The van der Waals surface area contributed by atoms with E-state index in [9.17, 15) is 0 Å². The highest BCUT2D eigenvalue weighted by molar-refractivity contribution is 9.10. The van der Waals surface area contributed by atoms with Crippen molar-refractivity contribution < 1.29 is 9.47 Å². The van der Waals surface area contributed by atoms with Crippen LogP contribution in [-0.2, 0) is 0 Å². The summed E-state index contributed by atoms with van der Waals surface area (Å²) in [5.41, 5.74) is 0. The van der Waals surface area contributed by atoms with Gasteiger partial charge in [-0.3, -0.25) is 0 Å². The van der Waals surface area contributed by atoms with Gasteiger partial charge >= 0.3 is 0 Å². The third-order valence-corrected chi connectivity index (χ3v) is 3.79. The van der Waals surface area contributed by atoms with Crippen LogP contribution < -0.4 is 14.8 Å². The molecule has 0 aliphatic heterocycles. The summed E-state index contributed by atoms with van der Waals surface area (Å²) in [6.45, 7) is 10.2. The standard InChI is InChI=1S/C15H25BrN2O2/c1-4-18(5-2)10-8-17-9-11-20-15-7-6-13(19-3)12-14(15)16/h6-7,12,17H,4-5,8-11H2,1-3H3. The van der Waals surface area contributed by atoms with Crippen LogP contribution in [0.5, 0.6) is 11.5 Å². The summed E-state index contributed by atoms with van der Waals surface area (Å²) < 4.78 is 11.8. The first kappa shape index (κ1) is 17.3. The van der Waals surface area contributed by atoms with Crippen molar-refractivity contribution in [1.29, 1.82) is 0 Å².